The first kappa shape index (κ1) is 42.5. The summed E-state index contributed by atoms with van der Waals surface area (Å²) in [6.07, 6.45) is -4.58. The highest BCUT2D eigenvalue weighted by molar-refractivity contribution is 7.94. The SMILES string of the molecule is CC(C)(C(=O)Nc1cccc(C(F)(F)F)c1)S(=O)(=O)c1ccc(Cl)cc1.Cc1sc(NC(=O)C(C)(C)S(=O)(=O)c2ccc(Cl)cc2)nc1-c1ccccc1. The van der Waals surface area contributed by atoms with Crippen molar-refractivity contribution < 1.29 is 39.6 Å². The number of halogens is 5. The summed E-state index contributed by atoms with van der Waals surface area (Å²) < 4.78 is 86.1. The van der Waals surface area contributed by atoms with Gasteiger partial charge in [-0.05, 0) is 101 Å². The van der Waals surface area contributed by atoms with Crippen molar-refractivity contribution in [3.8, 4) is 11.3 Å². The van der Waals surface area contributed by atoms with Crippen molar-refractivity contribution in [2.75, 3.05) is 10.6 Å². The molecule has 1 heterocycles. The molecule has 0 bridgehead atoms. The van der Waals surface area contributed by atoms with Crippen LogP contribution in [0.3, 0.4) is 0 Å². The number of hydrogen-bond donors (Lipinski definition) is 2. The van der Waals surface area contributed by atoms with Gasteiger partial charge in [0, 0.05) is 26.2 Å². The first-order valence-corrected chi connectivity index (χ1v) is 20.4. The fourth-order valence-corrected chi connectivity index (χ4v) is 8.52. The van der Waals surface area contributed by atoms with Crippen molar-refractivity contribution in [3.63, 3.8) is 0 Å². The number of nitrogens with one attached hydrogen (secondary N) is 2. The summed E-state index contributed by atoms with van der Waals surface area (Å²) in [5.41, 5.74) is 0.599. The van der Waals surface area contributed by atoms with E-state index in [-0.39, 0.29) is 15.5 Å². The standard InChI is InChI=1S/C20H19ClN2O3S2.C17H15ClF3NO3S/c1-13-17(14-7-5-4-6-8-14)22-19(27-13)23-18(24)20(2,3)28(25,26)16-11-9-15(21)10-12-16;1-16(2,26(24,25)14-8-6-12(18)7-9-14)15(23)22-13-5-3-4-11(10-13)17(19,20)21/h4-12H,1-3H3,(H,22,23,24);3-10H,1-2H3,(H,22,23). The molecule has 2 amide bonds. The van der Waals surface area contributed by atoms with Crippen LogP contribution in [0, 0.1) is 6.92 Å². The van der Waals surface area contributed by atoms with Gasteiger partial charge in [0.1, 0.15) is 9.49 Å². The zero-order valence-corrected chi connectivity index (χ0v) is 33.3. The Hall–Kier alpha value is -4.28. The molecule has 0 aliphatic rings. The topological polar surface area (TPSA) is 139 Å². The second-order valence-corrected chi connectivity index (χ2v) is 19.8. The van der Waals surface area contributed by atoms with Crippen LogP contribution in [0.4, 0.5) is 24.0 Å². The Labute approximate surface area is 325 Å². The molecule has 0 atom stereocenters. The Morgan fingerprint density at radius 3 is 1.59 bits per heavy atom. The zero-order valence-electron chi connectivity index (χ0n) is 29.3. The van der Waals surface area contributed by atoms with E-state index in [2.05, 4.69) is 15.6 Å². The van der Waals surface area contributed by atoms with Gasteiger partial charge in [-0.3, -0.25) is 9.59 Å². The molecule has 0 unspecified atom stereocenters. The number of sulfone groups is 2. The van der Waals surface area contributed by atoms with Gasteiger partial charge < -0.3 is 10.6 Å². The molecule has 286 valence electrons. The summed E-state index contributed by atoms with van der Waals surface area (Å²) in [7, 11) is -8.03. The molecule has 17 heteroatoms. The smallest absolute Gasteiger partial charge is 0.325 e. The number of aromatic nitrogens is 1. The van der Waals surface area contributed by atoms with E-state index in [1.54, 1.807) is 0 Å². The highest BCUT2D eigenvalue weighted by atomic mass is 35.5. The molecule has 0 saturated carbocycles. The lowest BCUT2D eigenvalue weighted by Crippen LogP contribution is -2.44. The Balaban J connectivity index is 0.000000241. The van der Waals surface area contributed by atoms with E-state index in [0.717, 1.165) is 34.3 Å². The van der Waals surface area contributed by atoms with Crippen LogP contribution in [-0.4, -0.2) is 43.1 Å². The van der Waals surface area contributed by atoms with Gasteiger partial charge in [-0.2, -0.15) is 13.2 Å². The zero-order chi connectivity index (χ0) is 40.3. The number of thiazole rings is 1. The van der Waals surface area contributed by atoms with Crippen LogP contribution in [0.1, 0.15) is 38.1 Å². The van der Waals surface area contributed by atoms with Gasteiger partial charge in [0.15, 0.2) is 24.8 Å². The van der Waals surface area contributed by atoms with Crippen LogP contribution in [0.2, 0.25) is 10.0 Å². The van der Waals surface area contributed by atoms with Gasteiger partial charge in [-0.1, -0.05) is 59.6 Å². The van der Waals surface area contributed by atoms with Gasteiger partial charge in [0.05, 0.1) is 21.0 Å². The molecular formula is C37H34Cl2F3N3O6S3. The first-order chi connectivity index (χ1) is 25.0. The van der Waals surface area contributed by atoms with Gasteiger partial charge in [0.25, 0.3) is 0 Å². The van der Waals surface area contributed by atoms with Crippen LogP contribution >= 0.6 is 34.5 Å². The largest absolute Gasteiger partial charge is 0.416 e. The van der Waals surface area contributed by atoms with E-state index in [1.807, 2.05) is 37.3 Å². The molecule has 5 rings (SSSR count). The molecule has 0 radical (unpaired) electrons. The molecule has 0 saturated heterocycles. The van der Waals surface area contributed by atoms with E-state index in [1.165, 1.54) is 93.6 Å². The van der Waals surface area contributed by atoms with Gasteiger partial charge in [0.2, 0.25) is 11.8 Å². The minimum absolute atomic E-state index is 0.0392. The minimum atomic E-state index is -4.58. The maximum Gasteiger partial charge on any atom is 0.416 e. The number of alkyl halides is 3. The number of rotatable bonds is 9. The van der Waals surface area contributed by atoms with E-state index in [9.17, 15) is 39.6 Å². The molecule has 0 aliphatic heterocycles. The summed E-state index contributed by atoms with van der Waals surface area (Å²) >= 11 is 12.9. The molecule has 2 N–H and O–H groups in total. The normalized spacial score (nSPS) is 12.3. The second-order valence-electron chi connectivity index (χ2n) is 12.7. The van der Waals surface area contributed by atoms with Gasteiger partial charge >= 0.3 is 6.18 Å². The van der Waals surface area contributed by atoms with Crippen molar-refractivity contribution in [1.82, 2.24) is 4.98 Å². The van der Waals surface area contributed by atoms with Crippen LogP contribution in [0.15, 0.2) is 113 Å². The third-order valence-corrected chi connectivity index (χ3v) is 14.4. The average Bonchev–Trinajstić information content (AvgIpc) is 3.48. The highest BCUT2D eigenvalue weighted by Crippen LogP contribution is 2.34. The van der Waals surface area contributed by atoms with Crippen LogP contribution in [0.25, 0.3) is 11.3 Å². The van der Waals surface area contributed by atoms with Crippen LogP contribution in [0.5, 0.6) is 0 Å². The molecule has 0 aliphatic carbocycles. The fourth-order valence-electron chi connectivity index (χ4n) is 4.68. The third kappa shape index (κ3) is 9.32. The molecular weight excluding hydrogens is 807 g/mol. The number of anilines is 2. The predicted molar refractivity (Wildman–Crippen MR) is 206 cm³/mol. The van der Waals surface area contributed by atoms with E-state index in [0.29, 0.717) is 15.2 Å². The Kier molecular flexibility index (Phi) is 12.7. The molecule has 0 spiro atoms. The molecule has 4 aromatic carbocycles. The minimum Gasteiger partial charge on any atom is -0.325 e. The van der Waals surface area contributed by atoms with Crippen molar-refractivity contribution in [2.45, 2.75) is 60.1 Å². The van der Waals surface area contributed by atoms with E-state index < -0.39 is 52.7 Å². The quantitative estimate of drug-likeness (QED) is 0.151. The maximum absolute atomic E-state index is 13.0. The Morgan fingerprint density at radius 2 is 1.13 bits per heavy atom. The van der Waals surface area contributed by atoms with Crippen molar-refractivity contribution >= 4 is 76.8 Å². The first-order valence-electron chi connectivity index (χ1n) is 15.8. The molecule has 0 fully saturated rings. The van der Waals surface area contributed by atoms with Crippen molar-refractivity contribution in [1.29, 1.82) is 0 Å². The molecule has 54 heavy (non-hydrogen) atoms. The Morgan fingerprint density at radius 1 is 0.667 bits per heavy atom. The van der Waals surface area contributed by atoms with Crippen LogP contribution in [-0.2, 0) is 35.4 Å². The number of benzene rings is 4. The van der Waals surface area contributed by atoms with Crippen molar-refractivity contribution in [3.05, 3.63) is 124 Å². The summed E-state index contributed by atoms with van der Waals surface area (Å²) in [5.74, 6) is -1.59. The molecule has 5 aromatic rings. The number of aryl methyl sites for hydroxylation is 1. The predicted octanol–water partition coefficient (Wildman–Crippen LogP) is 9.51. The Bertz CT molecular complexity index is 2370. The number of nitrogens with zero attached hydrogens (tertiary/aromatic N) is 1. The number of carbonyl (C=O) groups is 2. The molecule has 9 nitrogen and oxygen atoms in total. The lowest BCUT2D eigenvalue weighted by molar-refractivity contribution is -0.137. The molecule has 1 aromatic heterocycles. The monoisotopic (exact) mass is 839 g/mol. The summed E-state index contributed by atoms with van der Waals surface area (Å²) in [4.78, 5) is 30.6. The van der Waals surface area contributed by atoms with E-state index in [4.69, 9.17) is 23.2 Å². The summed E-state index contributed by atoms with van der Waals surface area (Å²) in [5, 5.41) is 6.02. The second kappa shape index (κ2) is 16.2. The highest BCUT2D eigenvalue weighted by Gasteiger charge is 2.44. The number of carbonyl (C=O) groups excluding carboxylic acids is 2. The number of amides is 2. The lowest BCUT2D eigenvalue weighted by Gasteiger charge is -2.24. The third-order valence-electron chi connectivity index (χ3n) is 8.20. The lowest BCUT2D eigenvalue weighted by atomic mass is 10.1. The maximum atomic E-state index is 13.0. The average molecular weight is 841 g/mol. The van der Waals surface area contributed by atoms with E-state index >= 15 is 0 Å². The van der Waals surface area contributed by atoms with Crippen molar-refractivity contribution in [2.24, 2.45) is 0 Å². The van der Waals surface area contributed by atoms with Crippen LogP contribution < -0.4 is 10.6 Å². The fraction of sp³-hybridized carbons (Fsp3) is 0.216. The summed E-state index contributed by atoms with van der Waals surface area (Å²) in [6.45, 7) is 7.03. The summed E-state index contributed by atoms with van der Waals surface area (Å²) in [6, 6.07) is 24.6. The number of hydrogen-bond acceptors (Lipinski definition) is 8. The van der Waals surface area contributed by atoms with Gasteiger partial charge in [-0.25, -0.2) is 21.8 Å². The van der Waals surface area contributed by atoms with Gasteiger partial charge in [-0.15, -0.1) is 11.3 Å².